The first-order valence-corrected chi connectivity index (χ1v) is 10.5. The third kappa shape index (κ3) is 4.15. The summed E-state index contributed by atoms with van der Waals surface area (Å²) in [6.45, 7) is 5.55. The lowest BCUT2D eigenvalue weighted by Gasteiger charge is -2.38. The lowest BCUT2D eigenvalue weighted by atomic mass is 9.69. The summed E-state index contributed by atoms with van der Waals surface area (Å²) in [4.78, 5) is 49.8. The van der Waals surface area contributed by atoms with Crippen LogP contribution in [0.2, 0.25) is 0 Å². The third-order valence-electron chi connectivity index (χ3n) is 5.81. The maximum atomic E-state index is 13.6. The summed E-state index contributed by atoms with van der Waals surface area (Å²) in [5.74, 6) is -3.94. The van der Waals surface area contributed by atoms with Crippen molar-refractivity contribution in [3.8, 4) is 0 Å². The quantitative estimate of drug-likeness (QED) is 0.308. The summed E-state index contributed by atoms with van der Waals surface area (Å²) < 4.78 is 10.2. The Bertz CT molecular complexity index is 1040. The Morgan fingerprint density at radius 3 is 2.66 bits per heavy atom. The number of esters is 2. The van der Waals surface area contributed by atoms with Gasteiger partial charge in [-0.05, 0) is 31.2 Å². The van der Waals surface area contributed by atoms with Crippen LogP contribution in [0.5, 0.6) is 0 Å². The normalized spacial score (nSPS) is 22.8. The van der Waals surface area contributed by atoms with E-state index in [-0.39, 0.29) is 29.4 Å². The Labute approximate surface area is 185 Å². The van der Waals surface area contributed by atoms with Crippen molar-refractivity contribution in [2.75, 3.05) is 13.7 Å². The van der Waals surface area contributed by atoms with Crippen molar-refractivity contribution in [2.45, 2.75) is 39.5 Å². The van der Waals surface area contributed by atoms with Gasteiger partial charge in [0.1, 0.15) is 5.92 Å². The maximum absolute atomic E-state index is 13.6. The molecule has 0 saturated carbocycles. The van der Waals surface area contributed by atoms with Crippen LogP contribution < -0.4 is 5.32 Å². The van der Waals surface area contributed by atoms with Gasteiger partial charge in [-0.2, -0.15) is 0 Å². The van der Waals surface area contributed by atoms with E-state index in [1.165, 1.54) is 25.3 Å². The molecule has 0 spiro atoms. The van der Waals surface area contributed by atoms with Crippen LogP contribution in [-0.2, 0) is 23.9 Å². The molecule has 0 radical (unpaired) electrons. The number of carbonyl (C=O) groups excluding carboxylic acids is 3. The molecule has 2 aliphatic rings. The zero-order chi connectivity index (χ0) is 23.6. The first kappa shape index (κ1) is 23.2. The lowest BCUT2D eigenvalue weighted by Crippen LogP contribution is -2.43. The van der Waals surface area contributed by atoms with Gasteiger partial charge in [-0.3, -0.25) is 19.7 Å². The van der Waals surface area contributed by atoms with E-state index < -0.39 is 34.5 Å². The van der Waals surface area contributed by atoms with Gasteiger partial charge >= 0.3 is 11.9 Å². The van der Waals surface area contributed by atoms with E-state index in [9.17, 15) is 24.5 Å². The molecular weight excluding hydrogens is 416 g/mol. The average molecular weight is 442 g/mol. The van der Waals surface area contributed by atoms with Crippen LogP contribution >= 0.6 is 0 Å². The number of rotatable bonds is 6. The predicted molar refractivity (Wildman–Crippen MR) is 114 cm³/mol. The highest BCUT2D eigenvalue weighted by Crippen LogP contribution is 2.45. The summed E-state index contributed by atoms with van der Waals surface area (Å²) >= 11 is 0. The highest BCUT2D eigenvalue weighted by molar-refractivity contribution is 6.12. The molecule has 1 N–H and O–H groups in total. The Kier molecular flexibility index (Phi) is 6.76. The monoisotopic (exact) mass is 442 g/mol. The molecule has 0 unspecified atom stereocenters. The molecule has 1 aromatic carbocycles. The minimum Gasteiger partial charge on any atom is -0.468 e. The van der Waals surface area contributed by atoms with Crippen LogP contribution in [0.1, 0.15) is 45.1 Å². The second kappa shape index (κ2) is 9.33. The minimum absolute atomic E-state index is 0.164. The van der Waals surface area contributed by atoms with Gasteiger partial charge in [0.25, 0.3) is 5.69 Å². The number of nitrogens with zero attached hydrogens (tertiary/aromatic N) is 1. The molecule has 0 amide bonds. The third-order valence-corrected chi connectivity index (χ3v) is 5.81. The highest BCUT2D eigenvalue weighted by atomic mass is 16.6. The number of methoxy groups -OCH3 is 1. The first-order valence-electron chi connectivity index (χ1n) is 10.5. The number of ether oxygens (including phenoxy) is 2. The molecule has 1 aliphatic carbocycles. The van der Waals surface area contributed by atoms with Crippen LogP contribution in [0, 0.1) is 22.0 Å². The predicted octanol–water partition coefficient (Wildman–Crippen LogP) is 3.16. The van der Waals surface area contributed by atoms with Gasteiger partial charge in [-0.25, -0.2) is 4.79 Å². The fourth-order valence-electron chi connectivity index (χ4n) is 4.37. The molecule has 9 nitrogen and oxygen atoms in total. The van der Waals surface area contributed by atoms with Crippen LogP contribution in [0.25, 0.3) is 0 Å². The van der Waals surface area contributed by atoms with E-state index in [4.69, 9.17) is 9.47 Å². The van der Waals surface area contributed by atoms with E-state index in [2.05, 4.69) is 5.32 Å². The van der Waals surface area contributed by atoms with Crippen molar-refractivity contribution in [1.29, 1.82) is 0 Å². The molecular formula is C23H26N2O7. The molecule has 0 saturated heterocycles. The van der Waals surface area contributed by atoms with Gasteiger partial charge in [0.05, 0.1) is 24.2 Å². The Morgan fingerprint density at radius 2 is 2.03 bits per heavy atom. The smallest absolute Gasteiger partial charge is 0.336 e. The van der Waals surface area contributed by atoms with E-state index in [0.717, 1.165) is 0 Å². The molecule has 32 heavy (non-hydrogen) atoms. The number of nitro benzene ring substituents is 1. The fourth-order valence-corrected chi connectivity index (χ4v) is 4.37. The van der Waals surface area contributed by atoms with Crippen molar-refractivity contribution >= 4 is 23.4 Å². The van der Waals surface area contributed by atoms with Crippen molar-refractivity contribution in [3.05, 3.63) is 62.5 Å². The van der Waals surface area contributed by atoms with Gasteiger partial charge in [0.2, 0.25) is 0 Å². The van der Waals surface area contributed by atoms with Crippen LogP contribution in [0.15, 0.2) is 46.8 Å². The number of dihydropyridines is 1. The summed E-state index contributed by atoms with van der Waals surface area (Å²) in [6.07, 6.45) is 1.00. The van der Waals surface area contributed by atoms with Gasteiger partial charge in [0, 0.05) is 35.0 Å². The summed E-state index contributed by atoms with van der Waals surface area (Å²) in [6, 6.07) is 5.83. The number of non-ortho nitro benzene ring substituents is 1. The van der Waals surface area contributed by atoms with Crippen LogP contribution in [-0.4, -0.2) is 36.4 Å². The van der Waals surface area contributed by atoms with Crippen molar-refractivity contribution in [3.63, 3.8) is 0 Å². The zero-order valence-corrected chi connectivity index (χ0v) is 18.5. The molecule has 1 aromatic rings. The Hall–Kier alpha value is -3.49. The number of hydrogen-bond acceptors (Lipinski definition) is 8. The number of allylic oxidation sites excluding steroid dienone is 3. The number of hydrogen-bond donors (Lipinski definition) is 1. The molecule has 0 aromatic heterocycles. The largest absolute Gasteiger partial charge is 0.468 e. The zero-order valence-electron chi connectivity index (χ0n) is 18.5. The molecule has 3 atom stereocenters. The fraction of sp³-hybridized carbons (Fsp3) is 0.435. The summed E-state index contributed by atoms with van der Waals surface area (Å²) in [7, 11) is 1.22. The summed E-state index contributed by atoms with van der Waals surface area (Å²) in [5.41, 5.74) is 1.80. The van der Waals surface area contributed by atoms with E-state index in [0.29, 0.717) is 29.8 Å². The van der Waals surface area contributed by atoms with Gasteiger partial charge in [-0.1, -0.05) is 26.0 Å². The Morgan fingerprint density at radius 1 is 1.31 bits per heavy atom. The van der Waals surface area contributed by atoms with Crippen molar-refractivity contribution in [1.82, 2.24) is 5.32 Å². The standard InChI is InChI=1S/C23H26N2O7/c1-5-9-32-23(28)18-13(3)24-16-10-12(2)17(22(27)31-4)21(26)20(16)19(18)14-7-6-8-15(11-14)25(29)30/h6-8,11-12,17,19,24H,5,9-10H2,1-4H3/t12-,17+,19+/m1/s1. The number of benzene rings is 1. The maximum Gasteiger partial charge on any atom is 0.336 e. The van der Waals surface area contributed by atoms with E-state index >= 15 is 0 Å². The highest BCUT2D eigenvalue weighted by Gasteiger charge is 2.47. The number of nitrogens with one attached hydrogen (secondary N) is 1. The van der Waals surface area contributed by atoms with Gasteiger partial charge < -0.3 is 14.8 Å². The molecule has 170 valence electrons. The minimum atomic E-state index is -1.02. The molecule has 9 heteroatoms. The molecule has 0 bridgehead atoms. The van der Waals surface area contributed by atoms with Crippen molar-refractivity contribution in [2.24, 2.45) is 11.8 Å². The van der Waals surface area contributed by atoms with Crippen LogP contribution in [0.3, 0.4) is 0 Å². The number of nitro groups is 1. The van der Waals surface area contributed by atoms with Crippen molar-refractivity contribution < 1.29 is 28.8 Å². The van der Waals surface area contributed by atoms with E-state index in [1.54, 1.807) is 19.9 Å². The lowest BCUT2D eigenvalue weighted by molar-refractivity contribution is -0.384. The SMILES string of the molecule is CCCOC(=O)C1=C(C)NC2=C(C(=O)[C@@H](C(=O)OC)[C@H](C)C2)[C@H]1c1cccc([N+](=O)[O-])c1. The number of ketones is 1. The van der Waals surface area contributed by atoms with Crippen LogP contribution in [0.4, 0.5) is 5.69 Å². The van der Waals surface area contributed by atoms with Gasteiger partial charge in [-0.15, -0.1) is 0 Å². The topological polar surface area (TPSA) is 125 Å². The second-order valence-electron chi connectivity index (χ2n) is 8.02. The number of Topliss-reactive ketones (excluding diaryl/α,β-unsaturated/α-hetero) is 1. The number of carbonyl (C=O) groups is 3. The molecule has 1 heterocycles. The van der Waals surface area contributed by atoms with E-state index in [1.807, 2.05) is 6.92 Å². The summed E-state index contributed by atoms with van der Waals surface area (Å²) in [5, 5.41) is 14.5. The molecule has 0 fully saturated rings. The van der Waals surface area contributed by atoms with Gasteiger partial charge in [0.15, 0.2) is 5.78 Å². The molecule has 3 rings (SSSR count). The Balaban J connectivity index is 2.20. The molecule has 1 aliphatic heterocycles. The average Bonchev–Trinajstić information content (AvgIpc) is 2.76. The first-order chi connectivity index (χ1) is 15.2. The second-order valence-corrected chi connectivity index (χ2v) is 8.02.